The summed E-state index contributed by atoms with van der Waals surface area (Å²) in [5, 5.41) is 0. The van der Waals surface area contributed by atoms with Crippen LogP contribution in [-0.4, -0.2) is 35.7 Å². The molecule has 0 aromatic rings. The van der Waals surface area contributed by atoms with Crippen molar-refractivity contribution >= 4 is 8.80 Å². The average Bonchev–Trinajstić information content (AvgIpc) is 2.30. The lowest BCUT2D eigenvalue weighted by Gasteiger charge is -2.39. The van der Waals surface area contributed by atoms with Crippen LogP contribution in [0.1, 0.15) is 34.1 Å². The first-order chi connectivity index (χ1) is 7.78. The van der Waals surface area contributed by atoms with E-state index in [9.17, 15) is 0 Å². The molecule has 0 saturated heterocycles. The van der Waals surface area contributed by atoms with Gasteiger partial charge < -0.3 is 19.0 Å². The Bertz CT molecular complexity index is 202. The lowest BCUT2D eigenvalue weighted by Crippen LogP contribution is -2.53. The summed E-state index contributed by atoms with van der Waals surface area (Å²) < 4.78 is 16.3. The molecule has 0 unspecified atom stereocenters. The van der Waals surface area contributed by atoms with Gasteiger partial charge in [-0.2, -0.15) is 0 Å². The molecule has 2 N–H and O–H groups in total. The van der Waals surface area contributed by atoms with Crippen LogP contribution in [0.25, 0.3) is 0 Å². The lowest BCUT2D eigenvalue weighted by atomic mass is 9.76. The van der Waals surface area contributed by atoms with Crippen molar-refractivity contribution in [1.29, 1.82) is 0 Å². The van der Waals surface area contributed by atoms with Gasteiger partial charge in [-0.05, 0) is 18.3 Å². The number of nitrogens with two attached hydrogens (primary N) is 1. The monoisotopic (exact) mass is 263 g/mol. The van der Waals surface area contributed by atoms with Crippen molar-refractivity contribution in [2.24, 2.45) is 17.6 Å². The van der Waals surface area contributed by atoms with E-state index in [0.717, 1.165) is 12.5 Å². The molecule has 5 heteroatoms. The summed E-state index contributed by atoms with van der Waals surface area (Å²) in [5.74, 6) is 0.833. The summed E-state index contributed by atoms with van der Waals surface area (Å²) in [6.07, 6.45) is 0.851. The average molecular weight is 263 g/mol. The molecule has 0 amide bonds. The van der Waals surface area contributed by atoms with Crippen molar-refractivity contribution < 1.29 is 13.3 Å². The molecule has 0 aliphatic rings. The fraction of sp³-hybridized carbons (Fsp3) is 1.00. The van der Waals surface area contributed by atoms with Crippen LogP contribution in [-0.2, 0) is 13.3 Å². The molecular formula is C12H29NO3Si. The van der Waals surface area contributed by atoms with Crippen molar-refractivity contribution in [2.45, 2.75) is 45.7 Å². The van der Waals surface area contributed by atoms with Gasteiger partial charge in [0.2, 0.25) is 0 Å². The van der Waals surface area contributed by atoms with Gasteiger partial charge in [-0.25, -0.2) is 0 Å². The fourth-order valence-electron chi connectivity index (χ4n) is 2.17. The summed E-state index contributed by atoms with van der Waals surface area (Å²) in [7, 11) is 2.42. The minimum Gasteiger partial charge on any atom is -0.377 e. The van der Waals surface area contributed by atoms with E-state index in [0.29, 0.717) is 11.8 Å². The zero-order valence-electron chi connectivity index (χ0n) is 12.4. The summed E-state index contributed by atoms with van der Waals surface area (Å²) in [5.41, 5.74) is 6.31. The molecule has 0 heterocycles. The van der Waals surface area contributed by atoms with Crippen molar-refractivity contribution in [1.82, 2.24) is 0 Å². The zero-order valence-corrected chi connectivity index (χ0v) is 13.4. The molecule has 4 nitrogen and oxygen atoms in total. The Morgan fingerprint density at radius 2 is 1.29 bits per heavy atom. The number of hydrogen-bond donors (Lipinski definition) is 1. The second-order valence-corrected chi connectivity index (χ2v) is 8.31. The van der Waals surface area contributed by atoms with Crippen LogP contribution in [0, 0.1) is 11.8 Å². The highest BCUT2D eigenvalue weighted by atomic mass is 28.4. The Labute approximate surface area is 107 Å². The Balaban J connectivity index is 4.70. The van der Waals surface area contributed by atoms with Gasteiger partial charge in [-0.3, -0.25) is 0 Å². The molecule has 0 bridgehead atoms. The molecule has 0 aliphatic carbocycles. The number of rotatable bonds is 8. The van der Waals surface area contributed by atoms with Crippen molar-refractivity contribution in [2.75, 3.05) is 21.3 Å². The maximum absolute atomic E-state index is 6.51. The topological polar surface area (TPSA) is 53.7 Å². The first kappa shape index (κ1) is 17.1. The summed E-state index contributed by atoms with van der Waals surface area (Å²) in [6.45, 7) is 8.65. The lowest BCUT2D eigenvalue weighted by molar-refractivity contribution is 0.114. The molecule has 0 aliphatic heterocycles. The maximum Gasteiger partial charge on any atom is 0.500 e. The zero-order chi connectivity index (χ0) is 13.7. The molecule has 0 spiro atoms. The van der Waals surface area contributed by atoms with E-state index in [2.05, 4.69) is 27.7 Å². The highest BCUT2D eigenvalue weighted by Gasteiger charge is 2.42. The van der Waals surface area contributed by atoms with Gasteiger partial charge in [0.1, 0.15) is 0 Å². The first-order valence-electron chi connectivity index (χ1n) is 6.22. The molecule has 0 fully saturated rings. The van der Waals surface area contributed by atoms with Crippen LogP contribution in [0.4, 0.5) is 0 Å². The maximum atomic E-state index is 6.51. The van der Waals surface area contributed by atoms with E-state index in [4.69, 9.17) is 19.0 Å². The SMILES string of the molecule is CO[Si](CCC(N)(C(C)C)C(C)C)(OC)OC. The Hall–Kier alpha value is 0.0569. The van der Waals surface area contributed by atoms with Crippen molar-refractivity contribution in [3.63, 3.8) is 0 Å². The summed E-state index contributed by atoms with van der Waals surface area (Å²) in [6, 6.07) is 0.753. The van der Waals surface area contributed by atoms with Crippen LogP contribution in [0.2, 0.25) is 6.04 Å². The molecule has 104 valence electrons. The molecule has 0 radical (unpaired) electrons. The highest BCUT2D eigenvalue weighted by Crippen LogP contribution is 2.31. The second-order valence-electron chi connectivity index (χ2n) is 5.22. The van der Waals surface area contributed by atoms with Gasteiger partial charge in [-0.1, -0.05) is 27.7 Å². The van der Waals surface area contributed by atoms with Gasteiger partial charge in [0.05, 0.1) is 0 Å². The van der Waals surface area contributed by atoms with Crippen LogP contribution in [0.15, 0.2) is 0 Å². The van der Waals surface area contributed by atoms with Crippen LogP contribution < -0.4 is 5.73 Å². The number of hydrogen-bond acceptors (Lipinski definition) is 4. The third-order valence-electron chi connectivity index (χ3n) is 3.95. The van der Waals surface area contributed by atoms with E-state index < -0.39 is 8.80 Å². The van der Waals surface area contributed by atoms with E-state index >= 15 is 0 Å². The summed E-state index contributed by atoms with van der Waals surface area (Å²) in [4.78, 5) is 0. The van der Waals surface area contributed by atoms with E-state index in [1.54, 1.807) is 21.3 Å². The molecular weight excluding hydrogens is 234 g/mol. The largest absolute Gasteiger partial charge is 0.500 e. The van der Waals surface area contributed by atoms with Crippen molar-refractivity contribution in [3.05, 3.63) is 0 Å². The first-order valence-corrected chi connectivity index (χ1v) is 8.15. The van der Waals surface area contributed by atoms with Gasteiger partial charge >= 0.3 is 8.80 Å². The van der Waals surface area contributed by atoms with Crippen LogP contribution in [0.3, 0.4) is 0 Å². The molecule has 0 rings (SSSR count). The van der Waals surface area contributed by atoms with E-state index in [-0.39, 0.29) is 5.54 Å². The minimum absolute atomic E-state index is 0.201. The molecule has 0 aromatic carbocycles. The van der Waals surface area contributed by atoms with Crippen LogP contribution in [0.5, 0.6) is 0 Å². The summed E-state index contributed by atoms with van der Waals surface area (Å²) >= 11 is 0. The second kappa shape index (κ2) is 6.85. The highest BCUT2D eigenvalue weighted by molar-refractivity contribution is 6.60. The third-order valence-corrected chi connectivity index (χ3v) is 6.68. The van der Waals surface area contributed by atoms with Gasteiger partial charge in [0, 0.05) is 32.9 Å². The van der Waals surface area contributed by atoms with Gasteiger partial charge in [0.25, 0.3) is 0 Å². The molecule has 0 aromatic heterocycles. The molecule has 0 atom stereocenters. The predicted octanol–water partition coefficient (Wildman–Crippen LogP) is 2.26. The third kappa shape index (κ3) is 4.03. The van der Waals surface area contributed by atoms with E-state index in [1.165, 1.54) is 0 Å². The molecule has 0 saturated carbocycles. The fourth-order valence-corrected chi connectivity index (χ4v) is 4.02. The molecule has 17 heavy (non-hydrogen) atoms. The van der Waals surface area contributed by atoms with Gasteiger partial charge in [0.15, 0.2) is 0 Å². The van der Waals surface area contributed by atoms with Crippen molar-refractivity contribution in [3.8, 4) is 0 Å². The Kier molecular flexibility index (Phi) is 6.87. The quantitative estimate of drug-likeness (QED) is 0.683. The standard InChI is InChI=1S/C12H29NO3Si/c1-10(2)12(13,11(3)4)8-9-17(14-5,15-6)16-7/h10-11H,8-9,13H2,1-7H3. The Morgan fingerprint density at radius 3 is 1.53 bits per heavy atom. The Morgan fingerprint density at radius 1 is 0.941 bits per heavy atom. The van der Waals surface area contributed by atoms with Crippen LogP contribution >= 0.6 is 0 Å². The normalized spacial score (nSPS) is 13.8. The minimum atomic E-state index is -2.50. The smallest absolute Gasteiger partial charge is 0.377 e. The predicted molar refractivity (Wildman–Crippen MR) is 72.8 cm³/mol. The van der Waals surface area contributed by atoms with Gasteiger partial charge in [-0.15, -0.1) is 0 Å². The van der Waals surface area contributed by atoms with E-state index in [1.807, 2.05) is 0 Å².